The topological polar surface area (TPSA) is 58.9 Å². The van der Waals surface area contributed by atoms with Gasteiger partial charge in [0, 0.05) is 0 Å². The molecule has 0 aromatic heterocycles. The zero-order valence-corrected chi connectivity index (χ0v) is 9.23. The highest BCUT2D eigenvalue weighted by atomic mass is 16.1. The van der Waals surface area contributed by atoms with Gasteiger partial charge in [-0.25, -0.2) is 9.59 Å². The van der Waals surface area contributed by atoms with Gasteiger partial charge in [0.2, 0.25) is 12.2 Å². The standard InChI is InChI=1S/C12H12N2O2/c1-12(2,14-9-16)7-10-3-5-11(6-4-10)13-8-15/h3-6H,7H2,1-2H3. The van der Waals surface area contributed by atoms with Crippen LogP contribution in [0.5, 0.6) is 0 Å². The smallest absolute Gasteiger partial charge is 0.211 e. The van der Waals surface area contributed by atoms with Crippen molar-refractivity contribution in [2.24, 2.45) is 9.98 Å². The lowest BCUT2D eigenvalue weighted by atomic mass is 9.96. The van der Waals surface area contributed by atoms with E-state index in [4.69, 9.17) is 0 Å². The molecule has 0 spiro atoms. The number of carbonyl (C=O) groups excluding carboxylic acids is 2. The normalized spacial score (nSPS) is 10.1. The van der Waals surface area contributed by atoms with Crippen LogP contribution in [0.4, 0.5) is 5.69 Å². The zero-order chi connectivity index (χ0) is 12.0. The Morgan fingerprint density at radius 2 is 1.75 bits per heavy atom. The first kappa shape index (κ1) is 12.1. The van der Waals surface area contributed by atoms with Crippen molar-refractivity contribution in [2.45, 2.75) is 25.8 Å². The molecule has 0 atom stereocenters. The van der Waals surface area contributed by atoms with Crippen molar-refractivity contribution in [2.75, 3.05) is 0 Å². The van der Waals surface area contributed by atoms with Gasteiger partial charge in [-0.3, -0.25) is 0 Å². The Bertz CT molecular complexity index is 450. The number of rotatable bonds is 4. The number of benzene rings is 1. The lowest BCUT2D eigenvalue weighted by Crippen LogP contribution is -2.19. The molecule has 0 bridgehead atoms. The monoisotopic (exact) mass is 216 g/mol. The van der Waals surface area contributed by atoms with Crippen molar-refractivity contribution in [3.05, 3.63) is 29.8 Å². The highest BCUT2D eigenvalue weighted by Crippen LogP contribution is 2.19. The molecule has 0 saturated heterocycles. The molecule has 0 radical (unpaired) electrons. The maximum absolute atomic E-state index is 10.2. The van der Waals surface area contributed by atoms with Crippen LogP contribution in [0.25, 0.3) is 0 Å². The highest BCUT2D eigenvalue weighted by molar-refractivity contribution is 5.49. The molecule has 0 unspecified atom stereocenters. The Balaban J connectivity index is 2.83. The van der Waals surface area contributed by atoms with Crippen LogP contribution in [0.15, 0.2) is 34.3 Å². The molecule has 0 aliphatic carbocycles. The summed E-state index contributed by atoms with van der Waals surface area (Å²) in [7, 11) is 0. The molecule has 0 fully saturated rings. The second-order valence-corrected chi connectivity index (χ2v) is 4.06. The van der Waals surface area contributed by atoms with Gasteiger partial charge in [0.25, 0.3) is 0 Å². The largest absolute Gasteiger partial charge is 0.240 e. The van der Waals surface area contributed by atoms with E-state index in [2.05, 4.69) is 9.98 Å². The number of hydrogen-bond acceptors (Lipinski definition) is 4. The third-order valence-corrected chi connectivity index (χ3v) is 2.10. The van der Waals surface area contributed by atoms with Crippen molar-refractivity contribution >= 4 is 17.8 Å². The van der Waals surface area contributed by atoms with Crippen molar-refractivity contribution < 1.29 is 9.59 Å². The number of hydrogen-bond donors (Lipinski definition) is 0. The van der Waals surface area contributed by atoms with Crippen LogP contribution in [0.2, 0.25) is 0 Å². The number of isocyanates is 2. The van der Waals surface area contributed by atoms with E-state index < -0.39 is 5.54 Å². The second kappa shape index (κ2) is 5.17. The lowest BCUT2D eigenvalue weighted by Gasteiger charge is -2.16. The Morgan fingerprint density at radius 1 is 1.12 bits per heavy atom. The number of aliphatic imine (C=N–C) groups is 2. The molecule has 0 saturated carbocycles. The maximum Gasteiger partial charge on any atom is 0.240 e. The van der Waals surface area contributed by atoms with Gasteiger partial charge in [-0.15, -0.1) is 0 Å². The summed E-state index contributed by atoms with van der Waals surface area (Å²) >= 11 is 0. The minimum Gasteiger partial charge on any atom is -0.211 e. The van der Waals surface area contributed by atoms with E-state index >= 15 is 0 Å². The van der Waals surface area contributed by atoms with Crippen LogP contribution in [0.3, 0.4) is 0 Å². The minimum absolute atomic E-state index is 0.461. The van der Waals surface area contributed by atoms with Gasteiger partial charge in [0.1, 0.15) is 0 Å². The molecule has 4 nitrogen and oxygen atoms in total. The molecule has 4 heteroatoms. The Hall–Kier alpha value is -2.02. The Kier molecular flexibility index (Phi) is 3.90. The highest BCUT2D eigenvalue weighted by Gasteiger charge is 2.16. The summed E-state index contributed by atoms with van der Waals surface area (Å²) in [4.78, 5) is 27.4. The quantitative estimate of drug-likeness (QED) is 0.572. The molecule has 0 aliphatic heterocycles. The molecule has 1 rings (SSSR count). The van der Waals surface area contributed by atoms with Gasteiger partial charge >= 0.3 is 0 Å². The minimum atomic E-state index is -0.461. The summed E-state index contributed by atoms with van der Waals surface area (Å²) < 4.78 is 0. The SMILES string of the molecule is CC(C)(Cc1ccc(N=C=O)cc1)N=C=O. The first-order chi connectivity index (χ1) is 7.57. The molecule has 16 heavy (non-hydrogen) atoms. The predicted molar refractivity (Wildman–Crippen MR) is 60.1 cm³/mol. The van der Waals surface area contributed by atoms with Crippen LogP contribution in [0, 0.1) is 0 Å². The molecule has 0 aliphatic rings. The maximum atomic E-state index is 10.2. The average molecular weight is 216 g/mol. The van der Waals surface area contributed by atoms with E-state index in [0.717, 1.165) is 5.56 Å². The molecule has 82 valence electrons. The van der Waals surface area contributed by atoms with Crippen LogP contribution >= 0.6 is 0 Å². The van der Waals surface area contributed by atoms with Gasteiger partial charge in [0.05, 0.1) is 11.2 Å². The van der Waals surface area contributed by atoms with Gasteiger partial charge in [-0.1, -0.05) is 12.1 Å². The molecule has 1 aromatic carbocycles. The van der Waals surface area contributed by atoms with Gasteiger partial charge < -0.3 is 0 Å². The van der Waals surface area contributed by atoms with Gasteiger partial charge in [-0.05, 0) is 38.0 Å². The van der Waals surface area contributed by atoms with Gasteiger partial charge in [-0.2, -0.15) is 9.98 Å². The molecule has 0 amide bonds. The van der Waals surface area contributed by atoms with Crippen LogP contribution in [-0.4, -0.2) is 17.7 Å². The third kappa shape index (κ3) is 3.62. The molecule has 0 heterocycles. The van der Waals surface area contributed by atoms with Crippen LogP contribution in [0.1, 0.15) is 19.4 Å². The summed E-state index contributed by atoms with van der Waals surface area (Å²) in [5.41, 5.74) is 1.13. The van der Waals surface area contributed by atoms with E-state index in [1.54, 1.807) is 18.2 Å². The average Bonchev–Trinajstić information content (AvgIpc) is 2.21. The summed E-state index contributed by atoms with van der Waals surface area (Å²) in [5, 5.41) is 0. The van der Waals surface area contributed by atoms with E-state index in [0.29, 0.717) is 12.1 Å². The summed E-state index contributed by atoms with van der Waals surface area (Å²) in [6, 6.07) is 7.14. The second-order valence-electron chi connectivity index (χ2n) is 4.06. The molecular formula is C12H12N2O2. The van der Waals surface area contributed by atoms with Crippen LogP contribution in [-0.2, 0) is 16.0 Å². The molecule has 1 aromatic rings. The first-order valence-corrected chi connectivity index (χ1v) is 4.83. The summed E-state index contributed by atoms with van der Waals surface area (Å²) in [6.07, 6.45) is 3.67. The predicted octanol–water partition coefficient (Wildman–Crippen LogP) is 2.31. The molecular weight excluding hydrogens is 204 g/mol. The van der Waals surface area contributed by atoms with Crippen molar-refractivity contribution in [1.82, 2.24) is 0 Å². The number of nitrogens with zero attached hydrogens (tertiary/aromatic N) is 2. The third-order valence-electron chi connectivity index (χ3n) is 2.10. The fourth-order valence-electron chi connectivity index (χ4n) is 1.40. The zero-order valence-electron chi connectivity index (χ0n) is 9.23. The Labute approximate surface area is 93.7 Å². The van der Waals surface area contributed by atoms with E-state index in [1.165, 1.54) is 6.08 Å². The fourth-order valence-corrected chi connectivity index (χ4v) is 1.40. The first-order valence-electron chi connectivity index (χ1n) is 4.83. The van der Waals surface area contributed by atoms with Gasteiger partial charge in [0.15, 0.2) is 0 Å². The van der Waals surface area contributed by atoms with E-state index in [-0.39, 0.29) is 0 Å². The van der Waals surface area contributed by atoms with Crippen LogP contribution < -0.4 is 0 Å². The van der Waals surface area contributed by atoms with Crippen molar-refractivity contribution in [3.63, 3.8) is 0 Å². The molecule has 0 N–H and O–H groups in total. The van der Waals surface area contributed by atoms with E-state index in [1.807, 2.05) is 26.0 Å². The van der Waals surface area contributed by atoms with Crippen molar-refractivity contribution in [3.8, 4) is 0 Å². The Morgan fingerprint density at radius 3 is 2.25 bits per heavy atom. The summed E-state index contributed by atoms with van der Waals surface area (Å²) in [5.74, 6) is 0. The van der Waals surface area contributed by atoms with Crippen molar-refractivity contribution in [1.29, 1.82) is 0 Å². The van der Waals surface area contributed by atoms with E-state index in [9.17, 15) is 9.59 Å². The fraction of sp³-hybridized carbons (Fsp3) is 0.333. The lowest BCUT2D eigenvalue weighted by molar-refractivity contribution is 0.501. The summed E-state index contributed by atoms with van der Waals surface area (Å²) in [6.45, 7) is 3.71.